The molecule has 1 aromatic rings. The Morgan fingerprint density at radius 2 is 2.13 bits per heavy atom. The van der Waals surface area contributed by atoms with Crippen LogP contribution in [0.4, 0.5) is 0 Å². The SMILES string of the molecule is CC[C@H]1C(=O)OC[C@]1(O)c1ccccc1. The molecular formula is C12H14O3. The maximum absolute atomic E-state index is 11.4. The van der Waals surface area contributed by atoms with Gasteiger partial charge in [-0.15, -0.1) is 0 Å². The van der Waals surface area contributed by atoms with E-state index in [-0.39, 0.29) is 12.6 Å². The van der Waals surface area contributed by atoms with Crippen molar-refractivity contribution in [2.75, 3.05) is 6.61 Å². The Hall–Kier alpha value is -1.35. The molecule has 1 N–H and O–H groups in total. The first kappa shape index (κ1) is 10.2. The monoisotopic (exact) mass is 206 g/mol. The highest BCUT2D eigenvalue weighted by atomic mass is 16.6. The molecule has 3 heteroatoms. The summed E-state index contributed by atoms with van der Waals surface area (Å²) in [7, 11) is 0. The van der Waals surface area contributed by atoms with Gasteiger partial charge in [0.05, 0.1) is 5.92 Å². The van der Waals surface area contributed by atoms with Gasteiger partial charge in [0.25, 0.3) is 0 Å². The molecule has 2 atom stereocenters. The lowest BCUT2D eigenvalue weighted by molar-refractivity contribution is -0.141. The zero-order chi connectivity index (χ0) is 10.9. The minimum atomic E-state index is -1.15. The fourth-order valence-electron chi connectivity index (χ4n) is 2.09. The van der Waals surface area contributed by atoms with Crippen molar-refractivity contribution in [3.05, 3.63) is 35.9 Å². The van der Waals surface area contributed by atoms with Gasteiger partial charge in [-0.05, 0) is 12.0 Å². The van der Waals surface area contributed by atoms with Gasteiger partial charge in [0.1, 0.15) is 12.2 Å². The van der Waals surface area contributed by atoms with Gasteiger partial charge in [0, 0.05) is 0 Å². The third-order valence-corrected chi connectivity index (χ3v) is 2.98. The van der Waals surface area contributed by atoms with Gasteiger partial charge in [-0.3, -0.25) is 4.79 Å². The van der Waals surface area contributed by atoms with Crippen LogP contribution in [0.15, 0.2) is 30.3 Å². The molecular weight excluding hydrogens is 192 g/mol. The number of hydrogen-bond acceptors (Lipinski definition) is 3. The molecule has 0 aliphatic carbocycles. The lowest BCUT2D eigenvalue weighted by Crippen LogP contribution is -2.34. The summed E-state index contributed by atoms with van der Waals surface area (Å²) in [4.78, 5) is 11.4. The smallest absolute Gasteiger partial charge is 0.312 e. The van der Waals surface area contributed by atoms with Gasteiger partial charge in [-0.1, -0.05) is 37.3 Å². The summed E-state index contributed by atoms with van der Waals surface area (Å²) in [6.07, 6.45) is 0.588. The van der Waals surface area contributed by atoms with Crippen molar-refractivity contribution in [1.29, 1.82) is 0 Å². The number of rotatable bonds is 2. The first-order valence-electron chi connectivity index (χ1n) is 5.13. The molecule has 0 saturated carbocycles. The number of ether oxygens (including phenoxy) is 1. The van der Waals surface area contributed by atoms with Gasteiger partial charge >= 0.3 is 5.97 Å². The molecule has 1 fully saturated rings. The molecule has 1 aliphatic rings. The Morgan fingerprint density at radius 3 is 2.73 bits per heavy atom. The maximum atomic E-state index is 11.4. The molecule has 3 nitrogen and oxygen atoms in total. The van der Waals surface area contributed by atoms with E-state index in [2.05, 4.69) is 0 Å². The average Bonchev–Trinajstić information content (AvgIpc) is 2.57. The first-order chi connectivity index (χ1) is 7.18. The standard InChI is InChI=1S/C12H14O3/c1-2-10-11(13)15-8-12(10,14)9-6-4-3-5-7-9/h3-7,10,14H,2,8H2,1H3/t10-,12-/m0/s1. The molecule has 0 unspecified atom stereocenters. The van der Waals surface area contributed by atoms with E-state index < -0.39 is 11.5 Å². The lowest BCUT2D eigenvalue weighted by Gasteiger charge is -2.25. The molecule has 1 aliphatic heterocycles. The Kier molecular flexibility index (Phi) is 2.49. The summed E-state index contributed by atoms with van der Waals surface area (Å²) >= 11 is 0. The second-order valence-electron chi connectivity index (χ2n) is 3.86. The third kappa shape index (κ3) is 1.53. The molecule has 0 amide bonds. The van der Waals surface area contributed by atoms with E-state index in [0.717, 1.165) is 5.56 Å². The average molecular weight is 206 g/mol. The van der Waals surface area contributed by atoms with Crippen molar-refractivity contribution in [2.45, 2.75) is 18.9 Å². The predicted molar refractivity (Wildman–Crippen MR) is 55.1 cm³/mol. The third-order valence-electron chi connectivity index (χ3n) is 2.98. The predicted octanol–water partition coefficient (Wildman–Crippen LogP) is 1.46. The van der Waals surface area contributed by atoms with E-state index in [9.17, 15) is 9.90 Å². The highest BCUT2D eigenvalue weighted by Crippen LogP contribution is 2.37. The van der Waals surface area contributed by atoms with Crippen molar-refractivity contribution >= 4 is 5.97 Å². The van der Waals surface area contributed by atoms with Crippen molar-refractivity contribution in [1.82, 2.24) is 0 Å². The summed E-state index contributed by atoms with van der Waals surface area (Å²) in [6.45, 7) is 1.94. The zero-order valence-corrected chi connectivity index (χ0v) is 8.64. The number of benzene rings is 1. The van der Waals surface area contributed by atoms with Crippen LogP contribution in [0.3, 0.4) is 0 Å². The minimum absolute atomic E-state index is 0.0638. The lowest BCUT2D eigenvalue weighted by atomic mass is 9.82. The Morgan fingerprint density at radius 1 is 1.47 bits per heavy atom. The van der Waals surface area contributed by atoms with E-state index in [1.807, 2.05) is 37.3 Å². The van der Waals surface area contributed by atoms with Crippen molar-refractivity contribution in [3.63, 3.8) is 0 Å². The van der Waals surface area contributed by atoms with Gasteiger partial charge in [0.15, 0.2) is 0 Å². The molecule has 1 aromatic carbocycles. The summed E-state index contributed by atoms with van der Waals surface area (Å²) in [5, 5.41) is 10.4. The molecule has 1 heterocycles. The second kappa shape index (κ2) is 3.66. The Balaban J connectivity index is 2.38. The summed E-state index contributed by atoms with van der Waals surface area (Å²) < 4.78 is 4.94. The van der Waals surface area contributed by atoms with Gasteiger partial charge in [-0.25, -0.2) is 0 Å². The number of cyclic esters (lactones) is 1. The molecule has 0 radical (unpaired) electrons. The number of aliphatic hydroxyl groups is 1. The van der Waals surface area contributed by atoms with Crippen LogP contribution in [0.25, 0.3) is 0 Å². The number of hydrogen-bond donors (Lipinski definition) is 1. The number of carbonyl (C=O) groups excluding carboxylic acids is 1. The molecule has 80 valence electrons. The van der Waals surface area contributed by atoms with E-state index in [1.54, 1.807) is 0 Å². The molecule has 0 aromatic heterocycles. The van der Waals surface area contributed by atoms with Crippen LogP contribution in [0, 0.1) is 5.92 Å². The molecule has 1 saturated heterocycles. The van der Waals surface area contributed by atoms with Crippen molar-refractivity contribution in [2.24, 2.45) is 5.92 Å². The molecule has 15 heavy (non-hydrogen) atoms. The zero-order valence-electron chi connectivity index (χ0n) is 8.64. The van der Waals surface area contributed by atoms with Gasteiger partial charge < -0.3 is 9.84 Å². The van der Waals surface area contributed by atoms with E-state index in [1.165, 1.54) is 0 Å². The van der Waals surface area contributed by atoms with E-state index in [0.29, 0.717) is 6.42 Å². The second-order valence-corrected chi connectivity index (χ2v) is 3.86. The first-order valence-corrected chi connectivity index (χ1v) is 5.13. The fourth-order valence-corrected chi connectivity index (χ4v) is 2.09. The largest absolute Gasteiger partial charge is 0.462 e. The van der Waals surface area contributed by atoms with Crippen molar-refractivity contribution < 1.29 is 14.6 Å². The van der Waals surface area contributed by atoms with Crippen molar-refractivity contribution in [3.8, 4) is 0 Å². The quantitative estimate of drug-likeness (QED) is 0.745. The van der Waals surface area contributed by atoms with E-state index >= 15 is 0 Å². The molecule has 2 rings (SSSR count). The van der Waals surface area contributed by atoms with Crippen LogP contribution in [0.5, 0.6) is 0 Å². The van der Waals surface area contributed by atoms with Crippen LogP contribution < -0.4 is 0 Å². The number of carbonyl (C=O) groups is 1. The minimum Gasteiger partial charge on any atom is -0.462 e. The Labute approximate surface area is 88.7 Å². The summed E-state index contributed by atoms with van der Waals surface area (Å²) in [5.41, 5.74) is -0.393. The maximum Gasteiger partial charge on any atom is 0.312 e. The summed E-state index contributed by atoms with van der Waals surface area (Å²) in [5.74, 6) is -0.747. The fraction of sp³-hybridized carbons (Fsp3) is 0.417. The molecule has 0 bridgehead atoms. The van der Waals surface area contributed by atoms with E-state index in [4.69, 9.17) is 4.74 Å². The highest BCUT2D eigenvalue weighted by molar-refractivity contribution is 5.76. The number of esters is 1. The van der Waals surface area contributed by atoms with Crippen LogP contribution in [-0.4, -0.2) is 17.7 Å². The normalized spacial score (nSPS) is 30.3. The van der Waals surface area contributed by atoms with Crippen LogP contribution in [0.2, 0.25) is 0 Å². The Bertz CT molecular complexity index is 360. The topological polar surface area (TPSA) is 46.5 Å². The van der Waals surface area contributed by atoms with Crippen LogP contribution >= 0.6 is 0 Å². The van der Waals surface area contributed by atoms with Crippen LogP contribution in [0.1, 0.15) is 18.9 Å². The highest BCUT2D eigenvalue weighted by Gasteiger charge is 2.49. The molecule has 0 spiro atoms. The van der Waals surface area contributed by atoms with Crippen LogP contribution in [-0.2, 0) is 15.1 Å². The van der Waals surface area contributed by atoms with Gasteiger partial charge in [-0.2, -0.15) is 0 Å². The van der Waals surface area contributed by atoms with Gasteiger partial charge in [0.2, 0.25) is 0 Å². The summed E-state index contributed by atoms with van der Waals surface area (Å²) in [6, 6.07) is 9.23.